The minimum absolute atomic E-state index is 0.179. The molecule has 0 spiro atoms. The Hall–Kier alpha value is -0.870. The van der Waals surface area contributed by atoms with E-state index in [1.807, 2.05) is 17.8 Å². The molecule has 0 saturated carbocycles. The van der Waals surface area contributed by atoms with Crippen LogP contribution in [0.25, 0.3) is 0 Å². The summed E-state index contributed by atoms with van der Waals surface area (Å²) in [5.74, 6) is 0. The summed E-state index contributed by atoms with van der Waals surface area (Å²) in [6, 6.07) is 0.179. The summed E-state index contributed by atoms with van der Waals surface area (Å²) in [5, 5.41) is 13.3. The zero-order valence-corrected chi connectivity index (χ0v) is 8.48. The number of hydrogen-bond acceptors (Lipinski definition) is 3. The molecule has 0 radical (unpaired) electrons. The number of imidazole rings is 1. The van der Waals surface area contributed by atoms with Gasteiger partial charge in [-0.05, 0) is 19.4 Å². The van der Waals surface area contributed by atoms with Gasteiger partial charge >= 0.3 is 0 Å². The molecule has 2 atom stereocenters. The molecule has 1 saturated heterocycles. The van der Waals surface area contributed by atoms with Gasteiger partial charge in [0, 0.05) is 19.3 Å². The lowest BCUT2D eigenvalue weighted by Crippen LogP contribution is -2.38. The monoisotopic (exact) mass is 195 g/mol. The lowest BCUT2D eigenvalue weighted by atomic mass is 9.98. The molecular formula is C10H17N3O. The van der Waals surface area contributed by atoms with Crippen LogP contribution in [0.15, 0.2) is 12.5 Å². The molecule has 1 aromatic heterocycles. The molecule has 2 unspecified atom stereocenters. The molecule has 2 N–H and O–H groups in total. The molecule has 1 fully saturated rings. The Morgan fingerprint density at radius 3 is 3.07 bits per heavy atom. The van der Waals surface area contributed by atoms with Crippen molar-refractivity contribution < 1.29 is 5.11 Å². The number of rotatable bonds is 2. The van der Waals surface area contributed by atoms with E-state index >= 15 is 0 Å². The third-order valence-electron chi connectivity index (χ3n) is 2.76. The van der Waals surface area contributed by atoms with Crippen molar-refractivity contribution in [2.45, 2.75) is 31.4 Å². The number of nitrogens with zero attached hydrogens (tertiary/aromatic N) is 2. The first-order chi connectivity index (χ1) is 6.77. The van der Waals surface area contributed by atoms with Gasteiger partial charge in [0.2, 0.25) is 0 Å². The highest BCUT2D eigenvalue weighted by molar-refractivity contribution is 5.04. The van der Waals surface area contributed by atoms with Crippen LogP contribution in [0.4, 0.5) is 0 Å². The molecule has 78 valence electrons. The number of nitrogens with one attached hydrogen (secondary N) is 1. The molecule has 1 aromatic rings. The van der Waals surface area contributed by atoms with E-state index in [4.69, 9.17) is 0 Å². The van der Waals surface area contributed by atoms with Gasteiger partial charge in [0.05, 0.1) is 12.0 Å². The van der Waals surface area contributed by atoms with Crippen molar-refractivity contribution in [2.24, 2.45) is 7.05 Å². The molecule has 1 aliphatic rings. The zero-order valence-electron chi connectivity index (χ0n) is 8.48. The van der Waals surface area contributed by atoms with Crippen molar-refractivity contribution in [3.8, 4) is 0 Å². The second kappa shape index (κ2) is 4.11. The highest BCUT2D eigenvalue weighted by Crippen LogP contribution is 2.20. The summed E-state index contributed by atoms with van der Waals surface area (Å²) in [6.45, 7) is 1.01. The zero-order chi connectivity index (χ0) is 9.97. The summed E-state index contributed by atoms with van der Waals surface area (Å²) in [6.07, 6.45) is 6.59. The maximum absolute atomic E-state index is 10.0. The lowest BCUT2D eigenvalue weighted by Gasteiger charge is -2.26. The first-order valence-corrected chi connectivity index (χ1v) is 5.16. The van der Waals surface area contributed by atoms with E-state index in [-0.39, 0.29) is 6.04 Å². The van der Waals surface area contributed by atoms with Gasteiger partial charge in [0.25, 0.3) is 0 Å². The van der Waals surface area contributed by atoms with E-state index in [2.05, 4.69) is 10.3 Å². The van der Waals surface area contributed by atoms with E-state index in [9.17, 15) is 5.11 Å². The van der Waals surface area contributed by atoms with Crippen molar-refractivity contribution in [1.29, 1.82) is 0 Å². The molecule has 2 rings (SSSR count). The largest absolute Gasteiger partial charge is 0.385 e. The van der Waals surface area contributed by atoms with E-state index in [0.29, 0.717) is 0 Å². The van der Waals surface area contributed by atoms with Gasteiger partial charge in [-0.3, -0.25) is 0 Å². The van der Waals surface area contributed by atoms with Gasteiger partial charge in [-0.15, -0.1) is 0 Å². The van der Waals surface area contributed by atoms with E-state index in [0.717, 1.165) is 18.7 Å². The minimum atomic E-state index is -0.462. The minimum Gasteiger partial charge on any atom is -0.385 e. The average molecular weight is 195 g/mol. The third-order valence-corrected chi connectivity index (χ3v) is 2.76. The van der Waals surface area contributed by atoms with Crippen molar-refractivity contribution in [1.82, 2.24) is 14.9 Å². The van der Waals surface area contributed by atoms with E-state index < -0.39 is 6.10 Å². The van der Waals surface area contributed by atoms with Gasteiger partial charge in [0.1, 0.15) is 6.10 Å². The topological polar surface area (TPSA) is 50.1 Å². The Labute approximate surface area is 84.0 Å². The van der Waals surface area contributed by atoms with Crippen LogP contribution in [-0.4, -0.2) is 27.2 Å². The van der Waals surface area contributed by atoms with Gasteiger partial charge in [0.15, 0.2) is 0 Å². The molecular weight excluding hydrogens is 178 g/mol. The second-order valence-electron chi connectivity index (χ2n) is 3.97. The summed E-state index contributed by atoms with van der Waals surface area (Å²) in [4.78, 5) is 4.16. The molecule has 0 amide bonds. The number of aliphatic hydroxyl groups is 1. The summed E-state index contributed by atoms with van der Waals surface area (Å²) in [5.41, 5.74) is 0.770. The van der Waals surface area contributed by atoms with Gasteiger partial charge in [-0.2, -0.15) is 0 Å². The van der Waals surface area contributed by atoms with Crippen LogP contribution in [-0.2, 0) is 7.05 Å². The number of aliphatic hydroxyl groups excluding tert-OH is 1. The Balaban J connectivity index is 2.03. The molecule has 0 bridgehead atoms. The van der Waals surface area contributed by atoms with Crippen molar-refractivity contribution >= 4 is 0 Å². The molecule has 0 aliphatic carbocycles. The Morgan fingerprint density at radius 1 is 1.64 bits per heavy atom. The van der Waals surface area contributed by atoms with Gasteiger partial charge < -0.3 is 15.0 Å². The summed E-state index contributed by atoms with van der Waals surface area (Å²) in [7, 11) is 1.91. The average Bonchev–Trinajstić information content (AvgIpc) is 2.65. The quantitative estimate of drug-likeness (QED) is 0.726. The summed E-state index contributed by atoms with van der Waals surface area (Å²) < 4.78 is 1.86. The second-order valence-corrected chi connectivity index (χ2v) is 3.97. The maximum Gasteiger partial charge on any atom is 0.113 e. The van der Waals surface area contributed by atoms with Crippen LogP contribution < -0.4 is 5.32 Å². The molecule has 4 nitrogen and oxygen atoms in total. The standard InChI is InChI=1S/C10H17N3O/c1-13-6-9(12-7-13)10(14)8-4-2-3-5-11-8/h6-8,10-11,14H,2-5H2,1H3. The van der Waals surface area contributed by atoms with E-state index in [1.165, 1.54) is 12.8 Å². The van der Waals surface area contributed by atoms with Crippen LogP contribution in [0.5, 0.6) is 0 Å². The number of piperidine rings is 1. The van der Waals surface area contributed by atoms with Gasteiger partial charge in [-0.25, -0.2) is 4.98 Å². The predicted molar refractivity (Wildman–Crippen MR) is 53.8 cm³/mol. The highest BCUT2D eigenvalue weighted by atomic mass is 16.3. The first kappa shape index (κ1) is 9.68. The Bertz CT molecular complexity index is 291. The number of aryl methyl sites for hydroxylation is 1. The highest BCUT2D eigenvalue weighted by Gasteiger charge is 2.23. The lowest BCUT2D eigenvalue weighted by molar-refractivity contribution is 0.110. The molecule has 0 aromatic carbocycles. The van der Waals surface area contributed by atoms with E-state index in [1.54, 1.807) is 6.33 Å². The van der Waals surface area contributed by atoms with Crippen molar-refractivity contribution in [3.63, 3.8) is 0 Å². The summed E-state index contributed by atoms with van der Waals surface area (Å²) >= 11 is 0. The maximum atomic E-state index is 10.0. The fourth-order valence-corrected chi connectivity index (χ4v) is 1.94. The van der Waals surface area contributed by atoms with Crippen molar-refractivity contribution in [3.05, 3.63) is 18.2 Å². The van der Waals surface area contributed by atoms with Crippen molar-refractivity contribution in [2.75, 3.05) is 6.54 Å². The molecule has 14 heavy (non-hydrogen) atoms. The Kier molecular flexibility index (Phi) is 2.84. The first-order valence-electron chi connectivity index (χ1n) is 5.16. The molecule has 1 aliphatic heterocycles. The predicted octanol–water partition coefficient (Wildman–Crippen LogP) is 0.596. The normalized spacial score (nSPS) is 24.9. The van der Waals surface area contributed by atoms with Gasteiger partial charge in [-0.1, -0.05) is 6.42 Å². The van der Waals surface area contributed by atoms with Crippen LogP contribution in [0, 0.1) is 0 Å². The SMILES string of the molecule is Cn1cnc(C(O)C2CCCCN2)c1. The Morgan fingerprint density at radius 2 is 2.50 bits per heavy atom. The smallest absolute Gasteiger partial charge is 0.113 e. The van der Waals surface area contributed by atoms with Crippen LogP contribution in [0.2, 0.25) is 0 Å². The fourth-order valence-electron chi connectivity index (χ4n) is 1.94. The van der Waals surface area contributed by atoms with Crippen LogP contribution in [0.1, 0.15) is 31.1 Å². The number of aromatic nitrogens is 2. The van der Waals surface area contributed by atoms with Crippen LogP contribution in [0.3, 0.4) is 0 Å². The number of hydrogen-bond donors (Lipinski definition) is 2. The molecule has 2 heterocycles. The third kappa shape index (κ3) is 1.96. The fraction of sp³-hybridized carbons (Fsp3) is 0.700. The molecule has 4 heteroatoms. The van der Waals surface area contributed by atoms with Crippen LogP contribution >= 0.6 is 0 Å².